The van der Waals surface area contributed by atoms with E-state index in [-0.39, 0.29) is 6.10 Å². The van der Waals surface area contributed by atoms with Crippen LogP contribution in [0.1, 0.15) is 35.4 Å². The number of para-hydroxylation sites is 1. The van der Waals surface area contributed by atoms with Crippen molar-refractivity contribution in [2.24, 2.45) is 0 Å². The minimum absolute atomic E-state index is 0.172. The Morgan fingerprint density at radius 1 is 1.07 bits per heavy atom. The van der Waals surface area contributed by atoms with Gasteiger partial charge in [-0.25, -0.2) is 9.97 Å². The van der Waals surface area contributed by atoms with Crippen molar-refractivity contribution in [3.63, 3.8) is 0 Å². The molecule has 2 aliphatic heterocycles. The highest BCUT2D eigenvalue weighted by Gasteiger charge is 2.26. The lowest BCUT2D eigenvalue weighted by Crippen LogP contribution is -2.40. The smallest absolute Gasteiger partial charge is 0.135 e. The van der Waals surface area contributed by atoms with Gasteiger partial charge in [-0.3, -0.25) is 4.98 Å². The number of aromatic nitrogens is 3. The van der Waals surface area contributed by atoms with Gasteiger partial charge in [-0.15, -0.1) is 0 Å². The molecular weight excluding hydrogens is 364 g/mol. The molecule has 1 unspecified atom stereocenters. The molecule has 0 bridgehead atoms. The maximum absolute atomic E-state index is 6.17. The summed E-state index contributed by atoms with van der Waals surface area (Å²) in [5, 5.41) is 0. The second-order valence-corrected chi connectivity index (χ2v) is 7.54. The van der Waals surface area contributed by atoms with Crippen LogP contribution in [-0.2, 0) is 24.4 Å². The zero-order chi connectivity index (χ0) is 19.5. The highest BCUT2D eigenvalue weighted by atomic mass is 16.5. The van der Waals surface area contributed by atoms with Gasteiger partial charge in [0.1, 0.15) is 24.5 Å². The van der Waals surface area contributed by atoms with E-state index >= 15 is 0 Å². The van der Waals surface area contributed by atoms with Crippen LogP contribution >= 0.6 is 0 Å². The quantitative estimate of drug-likeness (QED) is 0.681. The van der Waals surface area contributed by atoms with E-state index < -0.39 is 0 Å². The third-order valence-corrected chi connectivity index (χ3v) is 5.59. The maximum atomic E-state index is 6.17. The normalized spacial score (nSPS) is 18.3. The molecule has 3 aromatic rings. The first-order valence-corrected chi connectivity index (χ1v) is 10.2. The first kappa shape index (κ1) is 18.1. The molecule has 0 radical (unpaired) electrons. The van der Waals surface area contributed by atoms with E-state index in [1.807, 2.05) is 36.5 Å². The molecule has 1 fully saturated rings. The lowest BCUT2D eigenvalue weighted by atomic mass is 10.0. The van der Waals surface area contributed by atoms with Crippen molar-refractivity contribution in [2.45, 2.75) is 38.6 Å². The fourth-order valence-electron chi connectivity index (χ4n) is 4.10. The molecule has 2 aromatic heterocycles. The van der Waals surface area contributed by atoms with Crippen LogP contribution in [0.3, 0.4) is 0 Å². The van der Waals surface area contributed by atoms with Crippen molar-refractivity contribution in [3.8, 4) is 5.75 Å². The zero-order valence-corrected chi connectivity index (χ0v) is 16.3. The molecule has 0 amide bonds. The first-order chi connectivity index (χ1) is 14.4. The molecule has 0 spiro atoms. The van der Waals surface area contributed by atoms with Crippen molar-refractivity contribution in [1.29, 1.82) is 0 Å². The monoisotopic (exact) mass is 388 g/mol. The molecule has 0 saturated carbocycles. The Kier molecular flexibility index (Phi) is 5.09. The SMILES string of the molecule is c1ccc(COC2CCCN(c3ncnc4c3Cc3ccccc3OC4)C2)nc1. The van der Waals surface area contributed by atoms with E-state index in [0.29, 0.717) is 13.2 Å². The van der Waals surface area contributed by atoms with Gasteiger partial charge < -0.3 is 14.4 Å². The van der Waals surface area contributed by atoms with Crippen molar-refractivity contribution < 1.29 is 9.47 Å². The van der Waals surface area contributed by atoms with E-state index in [2.05, 4.69) is 32.0 Å². The van der Waals surface area contributed by atoms with Gasteiger partial charge in [0.15, 0.2) is 0 Å². The number of piperidine rings is 1. The highest BCUT2D eigenvalue weighted by molar-refractivity contribution is 5.53. The van der Waals surface area contributed by atoms with Crippen LogP contribution in [0.15, 0.2) is 55.0 Å². The van der Waals surface area contributed by atoms with Gasteiger partial charge in [-0.05, 0) is 36.6 Å². The standard InChI is InChI=1S/C23H24N4O2/c1-2-9-22-17(6-1)12-20-21(15-29-22)25-16-26-23(20)27-11-5-8-19(13-27)28-14-18-7-3-4-10-24-18/h1-4,6-7,9-10,16,19H,5,8,11-15H2. The van der Waals surface area contributed by atoms with Gasteiger partial charge in [0.05, 0.1) is 24.1 Å². The molecule has 148 valence electrons. The molecule has 0 aliphatic carbocycles. The molecule has 1 atom stereocenters. The molecule has 29 heavy (non-hydrogen) atoms. The van der Waals surface area contributed by atoms with E-state index in [0.717, 1.165) is 55.3 Å². The van der Waals surface area contributed by atoms with Crippen LogP contribution in [-0.4, -0.2) is 34.1 Å². The van der Waals surface area contributed by atoms with E-state index in [1.165, 1.54) is 11.1 Å². The third-order valence-electron chi connectivity index (χ3n) is 5.59. The number of hydrogen-bond donors (Lipinski definition) is 0. The van der Waals surface area contributed by atoms with Gasteiger partial charge in [0.2, 0.25) is 0 Å². The van der Waals surface area contributed by atoms with Crippen molar-refractivity contribution in [2.75, 3.05) is 18.0 Å². The maximum Gasteiger partial charge on any atom is 0.135 e. The Bertz CT molecular complexity index is 980. The average molecular weight is 388 g/mol. The topological polar surface area (TPSA) is 60.4 Å². The van der Waals surface area contributed by atoms with Gasteiger partial charge >= 0.3 is 0 Å². The molecule has 6 nitrogen and oxygen atoms in total. The molecule has 5 rings (SSSR count). The third kappa shape index (κ3) is 3.93. The van der Waals surface area contributed by atoms with Crippen LogP contribution in [0, 0.1) is 0 Å². The summed E-state index contributed by atoms with van der Waals surface area (Å²) in [5.74, 6) is 1.95. The second-order valence-electron chi connectivity index (χ2n) is 7.54. The van der Waals surface area contributed by atoms with E-state index in [4.69, 9.17) is 9.47 Å². The molecule has 4 heterocycles. The van der Waals surface area contributed by atoms with Crippen LogP contribution < -0.4 is 9.64 Å². The Labute approximate surface area is 170 Å². The predicted molar refractivity (Wildman–Crippen MR) is 110 cm³/mol. The van der Waals surface area contributed by atoms with Crippen molar-refractivity contribution >= 4 is 5.82 Å². The number of benzene rings is 1. The number of ether oxygens (including phenoxy) is 2. The fourth-order valence-corrected chi connectivity index (χ4v) is 4.10. The van der Waals surface area contributed by atoms with Crippen LogP contribution in [0.4, 0.5) is 5.82 Å². The van der Waals surface area contributed by atoms with Crippen LogP contribution in [0.2, 0.25) is 0 Å². The predicted octanol–water partition coefficient (Wildman–Crippen LogP) is 3.54. The van der Waals surface area contributed by atoms with Gasteiger partial charge in [-0.2, -0.15) is 0 Å². The lowest BCUT2D eigenvalue weighted by molar-refractivity contribution is 0.0297. The first-order valence-electron chi connectivity index (χ1n) is 10.2. The van der Waals surface area contributed by atoms with Crippen molar-refractivity contribution in [3.05, 3.63) is 77.5 Å². The number of fused-ring (bicyclic) bond motifs is 2. The average Bonchev–Trinajstić information content (AvgIpc) is 2.98. The summed E-state index contributed by atoms with van der Waals surface area (Å²) in [4.78, 5) is 15.9. The summed E-state index contributed by atoms with van der Waals surface area (Å²) < 4.78 is 12.2. The van der Waals surface area contributed by atoms with Gasteiger partial charge in [0.25, 0.3) is 0 Å². The Morgan fingerprint density at radius 3 is 2.93 bits per heavy atom. The fraction of sp³-hybridized carbons (Fsp3) is 0.348. The van der Waals surface area contributed by atoms with Crippen LogP contribution in [0.25, 0.3) is 0 Å². The van der Waals surface area contributed by atoms with Gasteiger partial charge in [-0.1, -0.05) is 24.3 Å². The molecular formula is C23H24N4O2. The number of rotatable bonds is 4. The number of pyridine rings is 1. The van der Waals surface area contributed by atoms with Crippen LogP contribution in [0.5, 0.6) is 5.75 Å². The minimum atomic E-state index is 0.172. The molecule has 0 N–H and O–H groups in total. The van der Waals surface area contributed by atoms with Crippen molar-refractivity contribution in [1.82, 2.24) is 15.0 Å². The van der Waals surface area contributed by atoms with E-state index in [9.17, 15) is 0 Å². The Hall–Kier alpha value is -2.99. The minimum Gasteiger partial charge on any atom is -0.487 e. The molecule has 1 saturated heterocycles. The van der Waals surface area contributed by atoms with E-state index in [1.54, 1.807) is 6.33 Å². The lowest BCUT2D eigenvalue weighted by Gasteiger charge is -2.34. The Balaban J connectivity index is 1.35. The second kappa shape index (κ2) is 8.17. The summed E-state index contributed by atoms with van der Waals surface area (Å²) in [7, 11) is 0. The Morgan fingerprint density at radius 2 is 2.00 bits per heavy atom. The highest BCUT2D eigenvalue weighted by Crippen LogP contribution is 2.32. The summed E-state index contributed by atoms with van der Waals surface area (Å²) in [6.07, 6.45) is 6.57. The van der Waals surface area contributed by atoms with Gasteiger partial charge in [0, 0.05) is 31.3 Å². The largest absolute Gasteiger partial charge is 0.487 e. The number of anilines is 1. The number of hydrogen-bond acceptors (Lipinski definition) is 6. The molecule has 1 aromatic carbocycles. The summed E-state index contributed by atoms with van der Waals surface area (Å²) in [6, 6.07) is 14.1. The summed E-state index contributed by atoms with van der Waals surface area (Å²) in [6.45, 7) is 2.84. The summed E-state index contributed by atoms with van der Waals surface area (Å²) >= 11 is 0. The zero-order valence-electron chi connectivity index (χ0n) is 16.3. The molecule has 2 aliphatic rings. The number of nitrogens with zero attached hydrogens (tertiary/aromatic N) is 4. The summed E-state index contributed by atoms with van der Waals surface area (Å²) in [5.41, 5.74) is 4.29. The molecule has 6 heteroatoms.